The molecule has 0 aliphatic heterocycles. The van der Waals surface area contributed by atoms with Crippen molar-refractivity contribution in [2.24, 2.45) is 5.73 Å². The maximum atomic E-state index is 5.86. The van der Waals surface area contributed by atoms with Crippen molar-refractivity contribution in [3.8, 4) is 0 Å². The first-order chi connectivity index (χ1) is 10.1. The summed E-state index contributed by atoms with van der Waals surface area (Å²) in [6.45, 7) is 0.854. The number of rotatable bonds is 16. The monoisotopic (exact) mass is 373 g/mol. The van der Waals surface area contributed by atoms with E-state index in [1.807, 2.05) is 0 Å². The Kier molecular flexibility index (Phi) is 16.7. The molecule has 0 atom stereocenters. The van der Waals surface area contributed by atoms with E-state index < -0.39 is 6.00 Å². The van der Waals surface area contributed by atoms with Crippen molar-refractivity contribution in [3.05, 3.63) is 0 Å². The van der Waals surface area contributed by atoms with E-state index >= 15 is 0 Å². The molecule has 0 radical (unpaired) electrons. The van der Waals surface area contributed by atoms with Gasteiger partial charge in [-0.2, -0.15) is 0 Å². The average Bonchev–Trinajstić information content (AvgIpc) is 2.42. The van der Waals surface area contributed by atoms with Crippen molar-refractivity contribution >= 4 is 39.2 Å². The molecule has 1 nitrogen and oxygen atoms in total. The van der Waals surface area contributed by atoms with Gasteiger partial charge in [-0.1, -0.05) is 83.5 Å². The first-order valence-corrected chi connectivity index (χ1v) is 14.1. The fourth-order valence-corrected chi connectivity index (χ4v) is 4.44. The molecule has 5 heteroatoms. The summed E-state index contributed by atoms with van der Waals surface area (Å²) in [6, 6.07) is -1.53. The van der Waals surface area contributed by atoms with Gasteiger partial charge in [-0.05, 0) is 19.0 Å². The molecule has 0 unspecified atom stereocenters. The summed E-state index contributed by atoms with van der Waals surface area (Å²) in [5.74, 6) is 0. The number of nitrogens with two attached hydrogens (primary N) is 1. The highest BCUT2D eigenvalue weighted by Crippen LogP contribution is 2.27. The second-order valence-corrected chi connectivity index (χ2v) is 15.4. The van der Waals surface area contributed by atoms with E-state index in [0.717, 1.165) is 19.0 Å². The van der Waals surface area contributed by atoms with E-state index in [2.05, 4.69) is 0 Å². The van der Waals surface area contributed by atoms with Gasteiger partial charge >= 0.3 is 6.00 Å². The Morgan fingerprint density at radius 3 is 1.05 bits per heavy atom. The zero-order valence-electron chi connectivity index (χ0n) is 13.5. The molecule has 2 N–H and O–H groups in total. The normalized spacial score (nSPS) is 12.0. The van der Waals surface area contributed by atoms with E-state index in [-0.39, 0.29) is 0 Å². The lowest BCUT2D eigenvalue weighted by Gasteiger charge is -2.06. The van der Waals surface area contributed by atoms with Crippen molar-refractivity contribution in [3.63, 3.8) is 0 Å². The highest BCUT2D eigenvalue weighted by Gasteiger charge is 2.23. The van der Waals surface area contributed by atoms with E-state index in [9.17, 15) is 0 Å². The third-order valence-electron chi connectivity index (χ3n) is 3.91. The van der Waals surface area contributed by atoms with Crippen molar-refractivity contribution in [1.29, 1.82) is 0 Å². The predicted octanol–water partition coefficient (Wildman–Crippen LogP) is 7.06. The van der Waals surface area contributed by atoms with Gasteiger partial charge in [0.05, 0.1) is 0 Å². The van der Waals surface area contributed by atoms with E-state index in [4.69, 9.17) is 39.0 Å². The second-order valence-electron chi connectivity index (χ2n) is 6.10. The minimum absolute atomic E-state index is 0.822. The molecule has 0 aromatic rings. The quantitative estimate of drug-likeness (QED) is 0.174. The molecule has 0 spiro atoms. The number of hydrogen-bond acceptors (Lipinski definition) is 1. The summed E-state index contributed by atoms with van der Waals surface area (Å²) >= 11 is 17.6. The molecule has 0 saturated carbocycles. The Morgan fingerprint density at radius 2 is 0.762 bits per heavy atom. The Labute approximate surface area is 147 Å². The molecule has 21 heavy (non-hydrogen) atoms. The molecule has 0 aliphatic carbocycles. The third kappa shape index (κ3) is 21.0. The van der Waals surface area contributed by atoms with Crippen LogP contribution in [0.25, 0.3) is 0 Å². The summed E-state index contributed by atoms with van der Waals surface area (Å²) in [5.41, 5.74) is 5.48. The standard InChI is InChI=1S/C16H34Cl3NSi/c17-21(18,19)16-14-12-10-8-6-4-2-1-3-5-7-9-11-13-15-20/h1-16,20H2. The van der Waals surface area contributed by atoms with Crippen LogP contribution >= 0.6 is 33.2 Å². The zero-order chi connectivity index (χ0) is 15.8. The SMILES string of the molecule is NCCCCCCCCCCCCCCCC[Si](Cl)(Cl)Cl. The molecular weight excluding hydrogens is 341 g/mol. The summed E-state index contributed by atoms with van der Waals surface area (Å²) in [7, 11) is 0. The number of unbranched alkanes of at least 4 members (excludes halogenated alkanes) is 13. The van der Waals surface area contributed by atoms with Crippen LogP contribution in [0.1, 0.15) is 89.9 Å². The topological polar surface area (TPSA) is 26.0 Å². The molecular formula is C16H34Cl3NSi. The van der Waals surface area contributed by atoms with Gasteiger partial charge in [0.2, 0.25) is 0 Å². The van der Waals surface area contributed by atoms with Crippen LogP contribution in [-0.2, 0) is 0 Å². The van der Waals surface area contributed by atoms with E-state index in [0.29, 0.717) is 0 Å². The molecule has 0 saturated heterocycles. The first kappa shape index (κ1) is 22.0. The van der Waals surface area contributed by atoms with Gasteiger partial charge in [-0.25, -0.2) is 0 Å². The lowest BCUT2D eigenvalue weighted by atomic mass is 10.0. The molecule has 0 aliphatic rings. The molecule has 0 amide bonds. The maximum absolute atomic E-state index is 5.86. The van der Waals surface area contributed by atoms with Crippen LogP contribution in [0.3, 0.4) is 0 Å². The van der Waals surface area contributed by atoms with Crippen LogP contribution in [0, 0.1) is 0 Å². The smallest absolute Gasteiger partial charge is 0.330 e. The number of hydrogen-bond donors (Lipinski definition) is 1. The van der Waals surface area contributed by atoms with Crippen LogP contribution < -0.4 is 5.73 Å². The lowest BCUT2D eigenvalue weighted by Crippen LogP contribution is -2.07. The Bertz CT molecular complexity index is 210. The molecule has 0 aromatic carbocycles. The largest absolute Gasteiger partial charge is 0.341 e. The van der Waals surface area contributed by atoms with Crippen LogP contribution in [0.2, 0.25) is 6.04 Å². The van der Waals surface area contributed by atoms with Gasteiger partial charge in [0.1, 0.15) is 0 Å². The van der Waals surface area contributed by atoms with Gasteiger partial charge < -0.3 is 5.73 Å². The minimum Gasteiger partial charge on any atom is -0.330 e. The Morgan fingerprint density at radius 1 is 0.476 bits per heavy atom. The molecule has 0 heterocycles. The number of halogens is 3. The van der Waals surface area contributed by atoms with E-state index in [1.165, 1.54) is 83.5 Å². The molecule has 0 fully saturated rings. The maximum Gasteiger partial charge on any atom is 0.341 e. The second kappa shape index (κ2) is 15.9. The van der Waals surface area contributed by atoms with Gasteiger partial charge in [-0.15, -0.1) is 33.2 Å². The van der Waals surface area contributed by atoms with Crippen LogP contribution in [0.15, 0.2) is 0 Å². The van der Waals surface area contributed by atoms with Crippen molar-refractivity contribution in [2.75, 3.05) is 6.54 Å². The summed E-state index contributed by atoms with van der Waals surface area (Å²) < 4.78 is 0. The Hall–Kier alpha value is 1.05. The average molecular weight is 375 g/mol. The van der Waals surface area contributed by atoms with Gasteiger partial charge in [-0.3, -0.25) is 0 Å². The van der Waals surface area contributed by atoms with Gasteiger partial charge in [0.15, 0.2) is 0 Å². The van der Waals surface area contributed by atoms with Crippen LogP contribution in [0.4, 0.5) is 0 Å². The highest BCUT2D eigenvalue weighted by molar-refractivity contribution is 7.64. The van der Waals surface area contributed by atoms with Crippen LogP contribution in [-0.4, -0.2) is 12.5 Å². The summed E-state index contributed by atoms with van der Waals surface area (Å²) in [6.07, 6.45) is 18.7. The predicted molar refractivity (Wildman–Crippen MR) is 102 cm³/mol. The fraction of sp³-hybridized carbons (Fsp3) is 1.00. The Balaban J connectivity index is 3.00. The first-order valence-electron chi connectivity index (χ1n) is 8.83. The molecule has 0 aromatic heterocycles. The van der Waals surface area contributed by atoms with Gasteiger partial charge in [0, 0.05) is 0 Å². The summed E-state index contributed by atoms with van der Waals surface area (Å²) in [5, 5.41) is 0. The molecule has 128 valence electrons. The lowest BCUT2D eigenvalue weighted by molar-refractivity contribution is 0.536. The van der Waals surface area contributed by atoms with E-state index in [1.54, 1.807) is 0 Å². The molecule has 0 bridgehead atoms. The third-order valence-corrected chi connectivity index (χ3v) is 6.54. The minimum atomic E-state index is -2.35. The summed E-state index contributed by atoms with van der Waals surface area (Å²) in [4.78, 5) is 0. The van der Waals surface area contributed by atoms with Crippen LogP contribution in [0.5, 0.6) is 0 Å². The van der Waals surface area contributed by atoms with Crippen molar-refractivity contribution < 1.29 is 0 Å². The fourth-order valence-electron chi connectivity index (χ4n) is 2.59. The van der Waals surface area contributed by atoms with Crippen molar-refractivity contribution in [1.82, 2.24) is 0 Å². The molecule has 0 rings (SSSR count). The van der Waals surface area contributed by atoms with Gasteiger partial charge in [0.25, 0.3) is 0 Å². The van der Waals surface area contributed by atoms with Crippen molar-refractivity contribution in [2.45, 2.75) is 95.9 Å². The highest BCUT2D eigenvalue weighted by atomic mass is 35.8. The zero-order valence-corrected chi connectivity index (χ0v) is 16.8.